The molecule has 7 heteroatoms. The van der Waals surface area contributed by atoms with Crippen molar-refractivity contribution in [2.75, 3.05) is 14.1 Å². The number of Topliss-reactive ketones (excluding diaryl/α,β-unsaturated/α-hetero) is 1. The molecule has 0 radical (unpaired) electrons. The highest BCUT2D eigenvalue weighted by Gasteiger charge is 2.25. The standard InChI is InChI=1S/C21H19N3O3S/c1-15-8-10-17(11-9-15)28(26,27)24-14-19(18-6-4-5-7-20(18)24)21(25)16(12-22)13-23(2)3/h4-11,13-14H,1-3H3. The van der Waals surface area contributed by atoms with Crippen molar-refractivity contribution < 1.29 is 13.2 Å². The van der Waals surface area contributed by atoms with Crippen LogP contribution in [0.1, 0.15) is 15.9 Å². The van der Waals surface area contributed by atoms with Crippen LogP contribution in [-0.2, 0) is 10.0 Å². The normalized spacial score (nSPS) is 12.0. The van der Waals surface area contributed by atoms with Crippen molar-refractivity contribution in [1.82, 2.24) is 8.87 Å². The highest BCUT2D eigenvalue weighted by Crippen LogP contribution is 2.27. The van der Waals surface area contributed by atoms with Crippen LogP contribution in [0.2, 0.25) is 0 Å². The maximum atomic E-state index is 13.2. The van der Waals surface area contributed by atoms with Gasteiger partial charge in [0.25, 0.3) is 10.0 Å². The van der Waals surface area contributed by atoms with Gasteiger partial charge in [-0.25, -0.2) is 12.4 Å². The zero-order chi connectivity index (χ0) is 20.5. The van der Waals surface area contributed by atoms with Gasteiger partial charge in [0.1, 0.15) is 11.6 Å². The first kappa shape index (κ1) is 19.4. The summed E-state index contributed by atoms with van der Waals surface area (Å²) in [5, 5.41) is 9.83. The van der Waals surface area contributed by atoms with Crippen LogP contribution in [0.4, 0.5) is 0 Å². The lowest BCUT2D eigenvalue weighted by Crippen LogP contribution is -2.12. The van der Waals surface area contributed by atoms with Gasteiger partial charge in [0.15, 0.2) is 0 Å². The van der Waals surface area contributed by atoms with Crippen LogP contribution in [0.3, 0.4) is 0 Å². The number of aryl methyl sites for hydroxylation is 1. The number of nitriles is 1. The van der Waals surface area contributed by atoms with E-state index in [1.54, 1.807) is 55.4 Å². The molecule has 0 aliphatic rings. The third-order valence-corrected chi connectivity index (χ3v) is 5.94. The molecule has 0 aliphatic heterocycles. The second kappa shape index (κ2) is 7.33. The monoisotopic (exact) mass is 393 g/mol. The predicted octanol–water partition coefficient (Wildman–Crippen LogP) is 3.34. The summed E-state index contributed by atoms with van der Waals surface area (Å²) >= 11 is 0. The predicted molar refractivity (Wildman–Crippen MR) is 107 cm³/mol. The number of fused-ring (bicyclic) bond motifs is 1. The number of aromatic nitrogens is 1. The first-order chi connectivity index (χ1) is 13.3. The Morgan fingerprint density at radius 1 is 1.11 bits per heavy atom. The number of hydrogen-bond donors (Lipinski definition) is 0. The molecule has 0 atom stereocenters. The zero-order valence-corrected chi connectivity index (χ0v) is 16.6. The molecule has 1 heterocycles. The maximum absolute atomic E-state index is 13.2. The van der Waals surface area contributed by atoms with E-state index in [9.17, 15) is 18.5 Å². The average molecular weight is 393 g/mol. The van der Waals surface area contributed by atoms with Crippen LogP contribution in [0, 0.1) is 18.3 Å². The number of benzene rings is 2. The molecule has 0 saturated carbocycles. The van der Waals surface area contributed by atoms with E-state index in [-0.39, 0.29) is 16.0 Å². The van der Waals surface area contributed by atoms with Crippen molar-refractivity contribution in [2.45, 2.75) is 11.8 Å². The van der Waals surface area contributed by atoms with Crippen LogP contribution in [-0.4, -0.2) is 37.2 Å². The van der Waals surface area contributed by atoms with Crippen molar-refractivity contribution in [3.8, 4) is 6.07 Å². The van der Waals surface area contributed by atoms with Gasteiger partial charge in [-0.15, -0.1) is 0 Å². The molecule has 0 spiro atoms. The summed E-state index contributed by atoms with van der Waals surface area (Å²) in [6.07, 6.45) is 2.71. The van der Waals surface area contributed by atoms with E-state index >= 15 is 0 Å². The van der Waals surface area contributed by atoms with E-state index in [4.69, 9.17) is 0 Å². The van der Waals surface area contributed by atoms with Gasteiger partial charge >= 0.3 is 0 Å². The number of allylic oxidation sites excluding steroid dienone is 1. The molecule has 0 fully saturated rings. The summed E-state index contributed by atoms with van der Waals surface area (Å²) in [5.74, 6) is -0.523. The highest BCUT2D eigenvalue weighted by molar-refractivity contribution is 7.90. The Balaban J connectivity index is 2.23. The van der Waals surface area contributed by atoms with Gasteiger partial charge < -0.3 is 4.90 Å². The molecule has 2 aromatic carbocycles. The van der Waals surface area contributed by atoms with E-state index in [1.807, 2.05) is 13.0 Å². The van der Waals surface area contributed by atoms with Crippen molar-refractivity contribution in [3.63, 3.8) is 0 Å². The van der Waals surface area contributed by atoms with Gasteiger partial charge in [0.05, 0.1) is 16.0 Å². The molecule has 6 nitrogen and oxygen atoms in total. The lowest BCUT2D eigenvalue weighted by molar-refractivity contribution is 0.103. The van der Waals surface area contributed by atoms with Gasteiger partial charge in [0.2, 0.25) is 5.78 Å². The van der Waals surface area contributed by atoms with E-state index in [1.165, 1.54) is 24.5 Å². The fourth-order valence-electron chi connectivity index (χ4n) is 2.90. The van der Waals surface area contributed by atoms with Crippen LogP contribution >= 0.6 is 0 Å². The summed E-state index contributed by atoms with van der Waals surface area (Å²) in [5.41, 5.74) is 1.43. The zero-order valence-electron chi connectivity index (χ0n) is 15.7. The van der Waals surface area contributed by atoms with Gasteiger partial charge in [-0.05, 0) is 25.1 Å². The van der Waals surface area contributed by atoms with E-state index in [0.29, 0.717) is 10.9 Å². The van der Waals surface area contributed by atoms with Gasteiger partial charge in [-0.1, -0.05) is 35.9 Å². The highest BCUT2D eigenvalue weighted by atomic mass is 32.2. The minimum atomic E-state index is -3.90. The number of rotatable bonds is 5. The molecule has 0 unspecified atom stereocenters. The first-order valence-electron chi connectivity index (χ1n) is 8.51. The van der Waals surface area contributed by atoms with Gasteiger partial charge in [-0.3, -0.25) is 4.79 Å². The Kier molecular flexibility index (Phi) is 5.08. The molecular weight excluding hydrogens is 374 g/mol. The molecule has 0 N–H and O–H groups in total. The Bertz CT molecular complexity index is 1230. The summed E-state index contributed by atoms with van der Waals surface area (Å²) in [7, 11) is -0.491. The SMILES string of the molecule is Cc1ccc(S(=O)(=O)n2cc(C(=O)C(C#N)=CN(C)C)c3ccccc32)cc1. The number of carbonyl (C=O) groups is 1. The van der Waals surface area contributed by atoms with Crippen LogP contribution in [0.15, 0.2) is 71.4 Å². The molecule has 0 bridgehead atoms. The Morgan fingerprint density at radius 2 is 1.75 bits per heavy atom. The molecular formula is C21H19N3O3S. The van der Waals surface area contributed by atoms with Crippen LogP contribution in [0.25, 0.3) is 10.9 Å². The average Bonchev–Trinajstić information content (AvgIpc) is 3.06. The summed E-state index contributed by atoms with van der Waals surface area (Å²) in [6.45, 7) is 1.87. The second-order valence-electron chi connectivity index (χ2n) is 6.62. The molecule has 0 aliphatic carbocycles. The number of para-hydroxylation sites is 1. The molecule has 3 aromatic rings. The summed E-state index contributed by atoms with van der Waals surface area (Å²) in [6, 6.07) is 15.2. The minimum Gasteiger partial charge on any atom is -0.382 e. The largest absolute Gasteiger partial charge is 0.382 e. The maximum Gasteiger partial charge on any atom is 0.268 e. The lowest BCUT2D eigenvalue weighted by Gasteiger charge is -2.07. The second-order valence-corrected chi connectivity index (χ2v) is 8.44. The molecule has 0 amide bonds. The Morgan fingerprint density at radius 3 is 2.36 bits per heavy atom. The fraction of sp³-hybridized carbons (Fsp3) is 0.143. The third kappa shape index (κ3) is 3.42. The third-order valence-electron chi connectivity index (χ3n) is 4.25. The smallest absolute Gasteiger partial charge is 0.268 e. The van der Waals surface area contributed by atoms with E-state index < -0.39 is 15.8 Å². The number of nitrogens with zero attached hydrogens (tertiary/aromatic N) is 3. The summed E-state index contributed by atoms with van der Waals surface area (Å²) in [4.78, 5) is 14.6. The van der Waals surface area contributed by atoms with E-state index in [2.05, 4.69) is 0 Å². The van der Waals surface area contributed by atoms with Crippen molar-refractivity contribution in [3.05, 3.63) is 77.6 Å². The Hall–Kier alpha value is -3.37. The quantitative estimate of drug-likeness (QED) is 0.377. The molecule has 0 saturated heterocycles. The summed E-state index contributed by atoms with van der Waals surface area (Å²) < 4.78 is 27.5. The van der Waals surface area contributed by atoms with Gasteiger partial charge in [-0.2, -0.15) is 5.26 Å². The molecule has 3 rings (SSSR count). The number of carbonyl (C=O) groups excluding carboxylic acids is 1. The van der Waals surface area contributed by atoms with E-state index in [0.717, 1.165) is 9.54 Å². The molecule has 142 valence electrons. The van der Waals surface area contributed by atoms with Crippen LogP contribution in [0.5, 0.6) is 0 Å². The molecule has 28 heavy (non-hydrogen) atoms. The lowest BCUT2D eigenvalue weighted by atomic mass is 10.0. The first-order valence-corrected chi connectivity index (χ1v) is 9.95. The van der Waals surface area contributed by atoms with Crippen molar-refractivity contribution in [1.29, 1.82) is 5.26 Å². The number of ketones is 1. The fourth-order valence-corrected chi connectivity index (χ4v) is 4.26. The number of hydrogen-bond acceptors (Lipinski definition) is 5. The molecule has 1 aromatic heterocycles. The Labute approximate surface area is 164 Å². The van der Waals surface area contributed by atoms with Gasteiger partial charge in [0, 0.05) is 31.9 Å². The van der Waals surface area contributed by atoms with Crippen LogP contribution < -0.4 is 0 Å². The topological polar surface area (TPSA) is 83.2 Å². The van der Waals surface area contributed by atoms with Crippen molar-refractivity contribution >= 4 is 26.7 Å². The minimum absolute atomic E-state index is 0.0689. The van der Waals surface area contributed by atoms with Crippen molar-refractivity contribution in [2.24, 2.45) is 0 Å².